The Labute approximate surface area is 155 Å². The van der Waals surface area contributed by atoms with Gasteiger partial charge in [-0.3, -0.25) is 9.78 Å². The summed E-state index contributed by atoms with van der Waals surface area (Å²) < 4.78 is 50.0. The summed E-state index contributed by atoms with van der Waals surface area (Å²) in [5, 5.41) is -0.0761. The quantitative estimate of drug-likeness (QED) is 0.717. The third kappa shape index (κ3) is 4.89. The van der Waals surface area contributed by atoms with Crippen molar-refractivity contribution < 1.29 is 27.3 Å². The van der Waals surface area contributed by atoms with Crippen LogP contribution in [0.3, 0.4) is 0 Å². The maximum absolute atomic E-state index is 12.7. The Kier molecular flexibility index (Phi) is 5.94. The summed E-state index contributed by atoms with van der Waals surface area (Å²) in [5.41, 5.74) is -0.968. The molecule has 1 aromatic heterocycles. The van der Waals surface area contributed by atoms with E-state index in [1.165, 1.54) is 13.0 Å². The van der Waals surface area contributed by atoms with Gasteiger partial charge in [-0.25, -0.2) is 0 Å². The summed E-state index contributed by atoms with van der Waals surface area (Å²) in [5.74, 6) is 0.300. The molecule has 0 bridgehead atoms. The van der Waals surface area contributed by atoms with E-state index in [1.54, 1.807) is 6.08 Å². The van der Waals surface area contributed by atoms with E-state index < -0.39 is 30.1 Å². The van der Waals surface area contributed by atoms with Crippen LogP contribution >= 0.6 is 11.8 Å². The van der Waals surface area contributed by atoms with Gasteiger partial charge in [0.2, 0.25) is 0 Å². The molecule has 1 saturated heterocycles. The van der Waals surface area contributed by atoms with E-state index in [0.717, 1.165) is 24.0 Å². The van der Waals surface area contributed by atoms with Crippen LogP contribution in [0.1, 0.15) is 45.9 Å². The van der Waals surface area contributed by atoms with Crippen molar-refractivity contribution >= 4 is 30.1 Å². The van der Waals surface area contributed by atoms with Gasteiger partial charge in [0.1, 0.15) is 0 Å². The Hall–Kier alpha value is -1.32. The van der Waals surface area contributed by atoms with Crippen molar-refractivity contribution in [2.75, 3.05) is 5.75 Å². The van der Waals surface area contributed by atoms with Crippen molar-refractivity contribution in [2.45, 2.75) is 52.0 Å². The van der Waals surface area contributed by atoms with Crippen LogP contribution in [-0.2, 0) is 20.3 Å². The summed E-state index contributed by atoms with van der Waals surface area (Å²) >= 11 is 1.08. The molecule has 0 aliphatic carbocycles. The van der Waals surface area contributed by atoms with Gasteiger partial charge in [0.05, 0.1) is 22.5 Å². The number of hydrogen-bond donors (Lipinski definition) is 0. The molecule has 0 radical (unpaired) electrons. The monoisotopic (exact) mass is 387 g/mol. The molecule has 2 heterocycles. The van der Waals surface area contributed by atoms with Gasteiger partial charge >= 0.3 is 13.3 Å². The minimum absolute atomic E-state index is 0.0761. The minimum atomic E-state index is -4.44. The zero-order valence-corrected chi connectivity index (χ0v) is 16.1. The number of thioether (sulfide) groups is 1. The number of nitrogens with zero attached hydrogens (tertiary/aromatic N) is 1. The number of rotatable bonds is 4. The lowest BCUT2D eigenvalue weighted by Crippen LogP contribution is -2.41. The van der Waals surface area contributed by atoms with E-state index in [0.29, 0.717) is 16.9 Å². The van der Waals surface area contributed by atoms with Gasteiger partial charge in [0.25, 0.3) is 0 Å². The van der Waals surface area contributed by atoms with Crippen molar-refractivity contribution in [2.24, 2.45) is 0 Å². The number of hydrogen-bond acceptors (Lipinski definition) is 5. The second kappa shape index (κ2) is 7.36. The second-order valence-corrected chi connectivity index (χ2v) is 8.21. The van der Waals surface area contributed by atoms with Gasteiger partial charge in [0.15, 0.2) is 5.12 Å². The predicted molar refractivity (Wildman–Crippen MR) is 96.4 cm³/mol. The first-order valence-corrected chi connectivity index (χ1v) is 9.03. The van der Waals surface area contributed by atoms with Crippen LogP contribution in [0.2, 0.25) is 0 Å². The number of halogens is 3. The van der Waals surface area contributed by atoms with Crippen LogP contribution in [0.15, 0.2) is 23.8 Å². The summed E-state index contributed by atoms with van der Waals surface area (Å²) in [6.45, 7) is 9.05. The van der Waals surface area contributed by atoms with Gasteiger partial charge in [-0.1, -0.05) is 11.8 Å². The Balaban J connectivity index is 2.30. The number of alkyl halides is 3. The number of aromatic nitrogens is 1. The Morgan fingerprint density at radius 1 is 1.23 bits per heavy atom. The largest absolute Gasteiger partial charge is 0.491 e. The fraction of sp³-hybridized carbons (Fsp3) is 0.529. The van der Waals surface area contributed by atoms with E-state index in [-0.39, 0.29) is 5.12 Å². The van der Waals surface area contributed by atoms with E-state index in [4.69, 9.17) is 9.31 Å². The Morgan fingerprint density at radius 2 is 1.81 bits per heavy atom. The van der Waals surface area contributed by atoms with Gasteiger partial charge in [-0.2, -0.15) is 13.2 Å². The van der Waals surface area contributed by atoms with E-state index in [2.05, 4.69) is 4.98 Å². The molecule has 0 aromatic carbocycles. The lowest BCUT2D eigenvalue weighted by atomic mass is 9.78. The third-order valence-corrected chi connectivity index (χ3v) is 5.33. The molecule has 9 heteroatoms. The molecule has 1 aliphatic rings. The molecule has 0 spiro atoms. The summed E-state index contributed by atoms with van der Waals surface area (Å²) in [6.07, 6.45) is -2.04. The molecule has 0 unspecified atom stereocenters. The molecule has 1 aliphatic heterocycles. The summed E-state index contributed by atoms with van der Waals surface area (Å²) in [7, 11) is -0.698. The van der Waals surface area contributed by atoms with E-state index >= 15 is 0 Å². The molecule has 1 aromatic rings. The molecular weight excluding hydrogens is 366 g/mol. The van der Waals surface area contributed by atoms with Crippen LogP contribution < -0.4 is 0 Å². The molecule has 0 saturated carbocycles. The minimum Gasteiger partial charge on any atom is -0.400 e. The maximum atomic E-state index is 12.7. The zero-order chi connectivity index (χ0) is 19.8. The van der Waals surface area contributed by atoms with Crippen LogP contribution in [-0.4, -0.2) is 34.2 Å². The molecule has 4 nitrogen and oxygen atoms in total. The lowest BCUT2D eigenvalue weighted by Gasteiger charge is -2.32. The summed E-state index contributed by atoms with van der Waals surface area (Å²) in [4.78, 5) is 15.2. The number of pyridine rings is 1. The van der Waals surface area contributed by atoms with Crippen molar-refractivity contribution in [3.05, 3.63) is 35.1 Å². The highest BCUT2D eigenvalue weighted by Gasteiger charge is 2.52. The topological polar surface area (TPSA) is 48.4 Å². The normalized spacial score (nSPS) is 19.7. The Bertz CT molecular complexity index is 686. The van der Waals surface area contributed by atoms with Gasteiger partial charge < -0.3 is 9.31 Å². The predicted octanol–water partition coefficient (Wildman–Crippen LogP) is 4.39. The smallest absolute Gasteiger partial charge is 0.400 e. The molecule has 1 fully saturated rings. The molecular formula is C17H21BF3NO3S. The Morgan fingerprint density at radius 3 is 2.23 bits per heavy atom. The van der Waals surface area contributed by atoms with Crippen LogP contribution in [0.4, 0.5) is 13.2 Å². The SMILES string of the molecule is CC(=O)SCC(=Cc1ccc(C(F)(F)F)cn1)B1OC(C)(C)C(C)(C)O1. The average molecular weight is 387 g/mol. The van der Waals surface area contributed by atoms with Gasteiger partial charge in [-0.05, 0) is 51.4 Å². The standard InChI is InChI=1S/C17H21BF3NO3S/c1-11(23)26-10-13(18-24-15(2,3)16(4,5)25-18)8-14-7-6-12(9-22-14)17(19,20)21/h6-9H,10H2,1-5H3. The zero-order valence-electron chi connectivity index (χ0n) is 15.3. The molecule has 0 amide bonds. The second-order valence-electron chi connectivity index (χ2n) is 7.06. The highest BCUT2D eigenvalue weighted by molar-refractivity contribution is 8.13. The fourth-order valence-electron chi connectivity index (χ4n) is 2.21. The number of carbonyl (C=O) groups is 1. The lowest BCUT2D eigenvalue weighted by molar-refractivity contribution is -0.137. The van der Waals surface area contributed by atoms with Crippen molar-refractivity contribution in [3.8, 4) is 0 Å². The van der Waals surface area contributed by atoms with Crippen LogP contribution in [0.5, 0.6) is 0 Å². The van der Waals surface area contributed by atoms with Crippen LogP contribution in [0, 0.1) is 0 Å². The number of carbonyl (C=O) groups excluding carboxylic acids is 1. The molecule has 2 rings (SSSR count). The first-order chi connectivity index (χ1) is 11.8. The van der Waals surface area contributed by atoms with Crippen molar-refractivity contribution in [1.29, 1.82) is 0 Å². The maximum Gasteiger partial charge on any atom is 0.491 e. The van der Waals surface area contributed by atoms with Crippen molar-refractivity contribution in [3.63, 3.8) is 0 Å². The van der Waals surface area contributed by atoms with E-state index in [9.17, 15) is 18.0 Å². The highest BCUT2D eigenvalue weighted by atomic mass is 32.2. The molecule has 26 heavy (non-hydrogen) atoms. The molecule has 0 atom stereocenters. The molecule has 0 N–H and O–H groups in total. The third-order valence-electron chi connectivity index (χ3n) is 4.45. The first-order valence-electron chi connectivity index (χ1n) is 8.04. The van der Waals surface area contributed by atoms with Gasteiger partial charge in [0, 0.05) is 18.9 Å². The first kappa shape index (κ1) is 21.0. The van der Waals surface area contributed by atoms with Crippen molar-refractivity contribution in [1.82, 2.24) is 4.98 Å². The van der Waals surface area contributed by atoms with E-state index in [1.807, 2.05) is 27.7 Å². The average Bonchev–Trinajstić information content (AvgIpc) is 2.71. The summed E-state index contributed by atoms with van der Waals surface area (Å²) in [6, 6.07) is 2.26. The fourth-order valence-corrected chi connectivity index (χ4v) is 2.79. The van der Waals surface area contributed by atoms with Crippen LogP contribution in [0.25, 0.3) is 6.08 Å². The highest BCUT2D eigenvalue weighted by Crippen LogP contribution is 2.39. The van der Waals surface area contributed by atoms with Gasteiger partial charge in [-0.15, -0.1) is 0 Å². The molecule has 142 valence electrons.